The lowest BCUT2D eigenvalue weighted by molar-refractivity contribution is 0.0956. The van der Waals surface area contributed by atoms with Gasteiger partial charge >= 0.3 is 0 Å². The van der Waals surface area contributed by atoms with Gasteiger partial charge in [0.25, 0.3) is 5.91 Å². The Labute approximate surface area is 176 Å². The molecule has 0 fully saturated rings. The van der Waals surface area contributed by atoms with E-state index in [1.165, 1.54) is 10.7 Å². The van der Waals surface area contributed by atoms with E-state index in [9.17, 15) is 13.6 Å². The molecular weight excluding hydrogens is 400 g/mol. The number of benzene rings is 2. The number of amides is 1. The molecule has 0 aliphatic heterocycles. The van der Waals surface area contributed by atoms with Crippen LogP contribution in [0.25, 0.3) is 16.6 Å². The maximum absolute atomic E-state index is 13.7. The van der Waals surface area contributed by atoms with Crippen LogP contribution in [0.1, 0.15) is 33.7 Å². The van der Waals surface area contributed by atoms with Gasteiger partial charge < -0.3 is 0 Å². The zero-order valence-corrected chi connectivity index (χ0v) is 16.7. The molecule has 0 spiro atoms. The summed E-state index contributed by atoms with van der Waals surface area (Å²) in [6.45, 7) is 1.91. The van der Waals surface area contributed by atoms with Crippen molar-refractivity contribution in [3.8, 4) is 5.69 Å². The topological polar surface area (TPSA) is 71.8 Å². The van der Waals surface area contributed by atoms with Crippen LogP contribution in [0.15, 0.2) is 48.5 Å². The molecule has 0 saturated carbocycles. The standard InChI is InChI=1S/C23H19F2N5O/c1-13-11-14-5-2-3-7-19(14)26-22(13)27-28-23(31)21-16-6-4-8-20(16)30(29-21)15-9-10-17(24)18(25)12-15/h2-3,5,7,9-12H,4,6,8H2,1H3,(H,26,27)(H,28,31). The van der Waals surface area contributed by atoms with Crippen LogP contribution < -0.4 is 10.9 Å². The predicted octanol–water partition coefficient (Wildman–Crippen LogP) is 4.25. The van der Waals surface area contributed by atoms with E-state index in [0.29, 0.717) is 24.3 Å². The first-order valence-electron chi connectivity index (χ1n) is 10.00. The number of para-hydroxylation sites is 1. The highest BCUT2D eigenvalue weighted by atomic mass is 19.2. The number of halogens is 2. The molecule has 2 aromatic carbocycles. The van der Waals surface area contributed by atoms with Gasteiger partial charge in [0.1, 0.15) is 5.82 Å². The SMILES string of the molecule is Cc1cc2ccccc2nc1NNC(=O)c1nn(-c2ccc(F)c(F)c2)c2c1CCC2. The Kier molecular flexibility index (Phi) is 4.62. The molecule has 0 unspecified atom stereocenters. The third-order valence-electron chi connectivity index (χ3n) is 5.50. The van der Waals surface area contributed by atoms with Gasteiger partial charge in [-0.15, -0.1) is 0 Å². The van der Waals surface area contributed by atoms with Gasteiger partial charge in [-0.3, -0.25) is 15.6 Å². The largest absolute Gasteiger partial charge is 0.290 e. The van der Waals surface area contributed by atoms with E-state index in [1.807, 2.05) is 37.3 Å². The van der Waals surface area contributed by atoms with Crippen molar-refractivity contribution in [2.24, 2.45) is 0 Å². The van der Waals surface area contributed by atoms with Gasteiger partial charge in [-0.2, -0.15) is 5.10 Å². The van der Waals surface area contributed by atoms with Crippen molar-refractivity contribution in [1.29, 1.82) is 0 Å². The zero-order chi connectivity index (χ0) is 21.5. The van der Waals surface area contributed by atoms with Gasteiger partial charge in [-0.25, -0.2) is 18.4 Å². The molecule has 2 N–H and O–H groups in total. The average Bonchev–Trinajstić information content (AvgIpc) is 3.37. The molecule has 0 radical (unpaired) electrons. The summed E-state index contributed by atoms with van der Waals surface area (Å²) in [6, 6.07) is 13.3. The lowest BCUT2D eigenvalue weighted by Crippen LogP contribution is -2.31. The van der Waals surface area contributed by atoms with Crippen LogP contribution in [0, 0.1) is 18.6 Å². The summed E-state index contributed by atoms with van der Waals surface area (Å²) in [5, 5.41) is 5.43. The minimum atomic E-state index is -0.953. The van der Waals surface area contributed by atoms with E-state index >= 15 is 0 Å². The second-order valence-electron chi connectivity index (χ2n) is 7.56. The number of hydrazine groups is 1. The molecule has 0 saturated heterocycles. The summed E-state index contributed by atoms with van der Waals surface area (Å²) >= 11 is 0. The van der Waals surface area contributed by atoms with Gasteiger partial charge in [0.05, 0.1) is 11.2 Å². The molecule has 156 valence electrons. The van der Waals surface area contributed by atoms with E-state index in [1.54, 1.807) is 0 Å². The minimum absolute atomic E-state index is 0.267. The number of carbonyl (C=O) groups excluding carboxylic acids is 1. The second kappa shape index (κ2) is 7.46. The Morgan fingerprint density at radius 2 is 1.90 bits per heavy atom. The first kappa shape index (κ1) is 19.2. The molecular formula is C23H19F2N5O. The van der Waals surface area contributed by atoms with Gasteiger partial charge in [0.2, 0.25) is 0 Å². The van der Waals surface area contributed by atoms with Crippen LogP contribution in [0.5, 0.6) is 0 Å². The van der Waals surface area contributed by atoms with E-state index in [2.05, 4.69) is 20.9 Å². The third kappa shape index (κ3) is 3.39. The quantitative estimate of drug-likeness (QED) is 0.485. The highest BCUT2D eigenvalue weighted by Gasteiger charge is 2.27. The van der Waals surface area contributed by atoms with Gasteiger partial charge in [-0.1, -0.05) is 18.2 Å². The number of nitrogens with zero attached hydrogens (tertiary/aromatic N) is 3. The summed E-state index contributed by atoms with van der Waals surface area (Å²) in [4.78, 5) is 17.5. The Morgan fingerprint density at radius 3 is 2.74 bits per heavy atom. The normalized spacial score (nSPS) is 12.7. The second-order valence-corrected chi connectivity index (χ2v) is 7.56. The number of pyridine rings is 1. The molecule has 1 aliphatic rings. The monoisotopic (exact) mass is 419 g/mol. The molecule has 8 heteroatoms. The third-order valence-corrected chi connectivity index (χ3v) is 5.50. The highest BCUT2D eigenvalue weighted by Crippen LogP contribution is 2.28. The summed E-state index contributed by atoms with van der Waals surface area (Å²) in [5.41, 5.74) is 9.59. The molecule has 1 aliphatic carbocycles. The van der Waals surface area contributed by atoms with Gasteiger partial charge in [0.15, 0.2) is 17.3 Å². The molecule has 2 heterocycles. The van der Waals surface area contributed by atoms with Crippen molar-refractivity contribution in [2.75, 3.05) is 5.43 Å². The summed E-state index contributed by atoms with van der Waals surface area (Å²) in [7, 11) is 0. The number of fused-ring (bicyclic) bond motifs is 2. The first-order valence-corrected chi connectivity index (χ1v) is 10.00. The number of carbonyl (C=O) groups is 1. The lowest BCUT2D eigenvalue weighted by atomic mass is 10.1. The Hall–Kier alpha value is -3.81. The van der Waals surface area contributed by atoms with Crippen LogP contribution in [-0.2, 0) is 12.8 Å². The predicted molar refractivity (Wildman–Crippen MR) is 113 cm³/mol. The Morgan fingerprint density at radius 1 is 1.06 bits per heavy atom. The molecule has 0 bridgehead atoms. The number of aromatic nitrogens is 3. The molecule has 6 nitrogen and oxygen atoms in total. The van der Waals surface area contributed by atoms with E-state index in [4.69, 9.17) is 0 Å². The van der Waals surface area contributed by atoms with E-state index in [0.717, 1.165) is 46.3 Å². The molecule has 5 rings (SSSR count). The first-order chi connectivity index (χ1) is 15.0. The van der Waals surface area contributed by atoms with Crippen LogP contribution in [0.2, 0.25) is 0 Å². The summed E-state index contributed by atoms with van der Waals surface area (Å²) in [6.07, 6.45) is 2.29. The van der Waals surface area contributed by atoms with Crippen LogP contribution in [-0.4, -0.2) is 20.7 Å². The van der Waals surface area contributed by atoms with Crippen molar-refractivity contribution in [3.63, 3.8) is 0 Å². The van der Waals surface area contributed by atoms with Crippen molar-refractivity contribution in [2.45, 2.75) is 26.2 Å². The van der Waals surface area contributed by atoms with Crippen LogP contribution in [0.4, 0.5) is 14.6 Å². The smallest absolute Gasteiger partial charge is 0.281 e. The van der Waals surface area contributed by atoms with Crippen molar-refractivity contribution in [1.82, 2.24) is 20.2 Å². The number of aryl methyl sites for hydroxylation is 1. The zero-order valence-electron chi connectivity index (χ0n) is 16.7. The van der Waals surface area contributed by atoms with Crippen molar-refractivity contribution >= 4 is 22.6 Å². The summed E-state index contributed by atoms with van der Waals surface area (Å²) in [5.74, 6) is -1.74. The molecule has 31 heavy (non-hydrogen) atoms. The highest BCUT2D eigenvalue weighted by molar-refractivity contribution is 5.95. The maximum Gasteiger partial charge on any atom is 0.290 e. The number of hydrogen-bond acceptors (Lipinski definition) is 4. The number of hydrogen-bond donors (Lipinski definition) is 2. The Balaban J connectivity index is 1.42. The summed E-state index contributed by atoms with van der Waals surface area (Å²) < 4.78 is 28.6. The van der Waals surface area contributed by atoms with Crippen LogP contribution >= 0.6 is 0 Å². The number of nitrogens with one attached hydrogen (secondary N) is 2. The van der Waals surface area contributed by atoms with Crippen LogP contribution in [0.3, 0.4) is 0 Å². The maximum atomic E-state index is 13.7. The lowest BCUT2D eigenvalue weighted by Gasteiger charge is -2.11. The fraction of sp³-hybridized carbons (Fsp3) is 0.174. The fourth-order valence-electron chi connectivity index (χ4n) is 3.97. The van der Waals surface area contributed by atoms with Gasteiger partial charge in [-0.05, 0) is 56.0 Å². The van der Waals surface area contributed by atoms with Gasteiger partial charge in [0, 0.05) is 22.7 Å². The molecule has 0 atom stereocenters. The minimum Gasteiger partial charge on any atom is -0.281 e. The fourth-order valence-corrected chi connectivity index (χ4v) is 3.97. The molecule has 4 aromatic rings. The van der Waals surface area contributed by atoms with Crippen molar-refractivity contribution in [3.05, 3.63) is 82.7 Å². The average molecular weight is 419 g/mol. The van der Waals surface area contributed by atoms with E-state index < -0.39 is 17.5 Å². The molecule has 1 amide bonds. The molecule has 2 aromatic heterocycles. The number of rotatable bonds is 4. The van der Waals surface area contributed by atoms with E-state index in [-0.39, 0.29) is 5.69 Å². The number of anilines is 1. The van der Waals surface area contributed by atoms with Crippen molar-refractivity contribution < 1.29 is 13.6 Å². The Bertz CT molecular complexity index is 1330.